The van der Waals surface area contributed by atoms with Crippen molar-refractivity contribution in [2.75, 3.05) is 11.5 Å². The average molecular weight is 557 g/mol. The lowest BCUT2D eigenvalue weighted by Gasteiger charge is -2.27. The van der Waals surface area contributed by atoms with Crippen LogP contribution in [-0.2, 0) is 38.5 Å². The molecule has 4 N–H and O–H groups in total. The number of fused-ring (bicyclic) bond motifs is 7. The number of carbonyl (C=O) groups is 5. The highest BCUT2D eigenvalue weighted by Gasteiger charge is 2.33. The van der Waals surface area contributed by atoms with Crippen LogP contribution in [0.2, 0.25) is 0 Å². The zero-order chi connectivity index (χ0) is 27.7. The minimum atomic E-state index is -1.38. The largest absolute Gasteiger partial charge is 0.456 e. The molecular weight excluding hydrogens is 520 g/mol. The van der Waals surface area contributed by atoms with E-state index in [1.807, 2.05) is 0 Å². The van der Waals surface area contributed by atoms with Crippen molar-refractivity contribution < 1.29 is 32.9 Å². The second-order valence-corrected chi connectivity index (χ2v) is 12.8. The molecule has 2 aliphatic heterocycles. The molecular formula is C24H36N4O7S2. The van der Waals surface area contributed by atoms with Crippen LogP contribution in [0.15, 0.2) is 23.9 Å². The van der Waals surface area contributed by atoms with Crippen molar-refractivity contribution in [1.82, 2.24) is 21.3 Å². The zero-order valence-electron chi connectivity index (χ0n) is 21.7. The Balaban J connectivity index is 2.60. The molecule has 0 radical (unpaired) electrons. The smallest absolute Gasteiger partial charge is 0.329 e. The van der Waals surface area contributed by atoms with Gasteiger partial charge in [0.25, 0.3) is 5.91 Å². The predicted molar refractivity (Wildman–Crippen MR) is 141 cm³/mol. The van der Waals surface area contributed by atoms with E-state index in [2.05, 4.69) is 21.3 Å². The third kappa shape index (κ3) is 9.29. The van der Waals surface area contributed by atoms with Gasteiger partial charge in [0.15, 0.2) is 0 Å². The van der Waals surface area contributed by atoms with E-state index >= 15 is 0 Å². The molecule has 0 aliphatic carbocycles. The molecule has 37 heavy (non-hydrogen) atoms. The number of rotatable bonds is 2. The van der Waals surface area contributed by atoms with Gasteiger partial charge in [0.05, 0.1) is 16.3 Å². The van der Waals surface area contributed by atoms with E-state index in [0.29, 0.717) is 6.42 Å². The summed E-state index contributed by atoms with van der Waals surface area (Å²) in [4.78, 5) is 65.2. The Hall–Kier alpha value is -2.67. The molecule has 4 amide bonds. The van der Waals surface area contributed by atoms with Crippen LogP contribution in [0.4, 0.5) is 0 Å². The fourth-order valence-electron chi connectivity index (χ4n) is 3.58. The van der Waals surface area contributed by atoms with Crippen LogP contribution in [0.3, 0.4) is 0 Å². The summed E-state index contributed by atoms with van der Waals surface area (Å²) in [6, 6.07) is -3.18. The van der Waals surface area contributed by atoms with Crippen molar-refractivity contribution >= 4 is 50.2 Å². The number of esters is 1. The fraction of sp³-hybridized carbons (Fsp3) is 0.625. The highest BCUT2D eigenvalue weighted by molar-refractivity contribution is 8.69. The Kier molecular flexibility index (Phi) is 11.8. The summed E-state index contributed by atoms with van der Waals surface area (Å²) in [6.07, 6.45) is 3.73. The molecule has 2 rings (SSSR count). The molecule has 1 saturated heterocycles. The number of nitrogens with one attached hydrogen (secondary N) is 4. The summed E-state index contributed by atoms with van der Waals surface area (Å²) in [6.45, 7) is 8.47. The topological polar surface area (TPSA) is 160 Å². The first-order valence-corrected chi connectivity index (χ1v) is 15.0. The van der Waals surface area contributed by atoms with Gasteiger partial charge in [-0.25, -0.2) is 9.00 Å². The van der Waals surface area contributed by atoms with Gasteiger partial charge in [0.2, 0.25) is 17.7 Å². The maximum Gasteiger partial charge on any atom is 0.329 e. The van der Waals surface area contributed by atoms with Crippen LogP contribution < -0.4 is 21.3 Å². The van der Waals surface area contributed by atoms with Crippen LogP contribution in [-0.4, -0.2) is 69.5 Å². The van der Waals surface area contributed by atoms with Crippen molar-refractivity contribution in [3.05, 3.63) is 23.9 Å². The Morgan fingerprint density at radius 1 is 1.00 bits per heavy atom. The van der Waals surface area contributed by atoms with Crippen LogP contribution >= 0.6 is 10.8 Å². The molecule has 1 unspecified atom stereocenters. The molecule has 0 aromatic heterocycles. The van der Waals surface area contributed by atoms with Gasteiger partial charge in [0, 0.05) is 11.5 Å². The van der Waals surface area contributed by atoms with Gasteiger partial charge in [-0.05, 0) is 31.3 Å². The highest BCUT2D eigenvalue weighted by atomic mass is 33.1. The van der Waals surface area contributed by atoms with Crippen molar-refractivity contribution in [1.29, 1.82) is 0 Å². The summed E-state index contributed by atoms with van der Waals surface area (Å²) in [7, 11) is -0.384. The minimum Gasteiger partial charge on any atom is -0.456 e. The summed E-state index contributed by atoms with van der Waals surface area (Å²) in [5, 5.41) is 10.4. The second kappa shape index (κ2) is 14.3. The van der Waals surface area contributed by atoms with Gasteiger partial charge in [-0.2, -0.15) is 0 Å². The van der Waals surface area contributed by atoms with E-state index in [1.54, 1.807) is 46.8 Å². The third-order valence-corrected chi connectivity index (χ3v) is 8.72. The van der Waals surface area contributed by atoms with Gasteiger partial charge in [0.1, 0.15) is 29.9 Å². The van der Waals surface area contributed by atoms with Gasteiger partial charge in [-0.15, -0.1) is 0 Å². The lowest BCUT2D eigenvalue weighted by molar-refractivity contribution is -0.153. The van der Waals surface area contributed by atoms with E-state index in [9.17, 15) is 28.2 Å². The summed E-state index contributed by atoms with van der Waals surface area (Å²) in [5.41, 5.74) is -0.115. The molecule has 1 fully saturated rings. The van der Waals surface area contributed by atoms with E-state index in [0.717, 1.165) is 10.8 Å². The molecule has 13 heteroatoms. The van der Waals surface area contributed by atoms with Gasteiger partial charge in [-0.3, -0.25) is 19.2 Å². The first kappa shape index (κ1) is 30.6. The van der Waals surface area contributed by atoms with Crippen LogP contribution in [0, 0.1) is 11.8 Å². The van der Waals surface area contributed by atoms with Gasteiger partial charge >= 0.3 is 5.97 Å². The molecule has 206 valence electrons. The summed E-state index contributed by atoms with van der Waals surface area (Å²) >= 11 is 0. The molecule has 11 nitrogen and oxygen atoms in total. The molecule has 0 spiro atoms. The standard InChI is InChI=1S/C24H36N4O7S2/c1-6-16-21(30)28-20(14(4)5)24(33)35-15-9-7-8-10-37(34)36-12-17(22(31)25-16)26-23(32)19(13(2)3)27-18(29)11-15/h6-7,9,13-15,17,19-20H,8,10-12H2,1-5H3,(H,25,31)(H,26,32)(H,27,29)(H,28,30)/b9-7+,16-6-/t15-,17-,19-,20+,37?/m1/s1. The SMILES string of the molecule is C/C=C1\NC(=O)[C@H]2CSS(=O)CC/C=C/[C@H](CC(=O)N[C@H](C(C)C)C(=O)N2)OC(=O)[C@H](C(C)C)NC1=O. The molecule has 0 aromatic carbocycles. The first-order valence-electron chi connectivity index (χ1n) is 12.2. The Morgan fingerprint density at radius 3 is 2.30 bits per heavy atom. The third-order valence-electron chi connectivity index (χ3n) is 5.72. The highest BCUT2D eigenvalue weighted by Crippen LogP contribution is 2.16. The van der Waals surface area contributed by atoms with Crippen LogP contribution in [0.5, 0.6) is 0 Å². The van der Waals surface area contributed by atoms with Crippen molar-refractivity contribution in [2.45, 2.75) is 71.7 Å². The molecule has 5 atom stereocenters. The Bertz CT molecular complexity index is 980. The zero-order valence-corrected chi connectivity index (χ0v) is 23.3. The maximum atomic E-state index is 13.2. The number of ether oxygens (including phenoxy) is 1. The van der Waals surface area contributed by atoms with E-state index in [1.165, 1.54) is 6.08 Å². The first-order chi connectivity index (χ1) is 17.4. The van der Waals surface area contributed by atoms with E-state index in [4.69, 9.17) is 4.74 Å². The molecule has 2 aliphatic rings. The van der Waals surface area contributed by atoms with Gasteiger partial charge < -0.3 is 26.0 Å². The predicted octanol–water partition coefficient (Wildman–Crippen LogP) is 0.445. The normalized spacial score (nSPS) is 31.2. The lowest BCUT2D eigenvalue weighted by Crippen LogP contribution is -2.57. The molecule has 0 aromatic rings. The molecule has 2 heterocycles. The van der Waals surface area contributed by atoms with Crippen LogP contribution in [0.1, 0.15) is 47.5 Å². The Morgan fingerprint density at radius 2 is 1.68 bits per heavy atom. The van der Waals surface area contributed by atoms with E-state index in [-0.39, 0.29) is 35.5 Å². The number of hydrogen-bond acceptors (Lipinski definition) is 8. The number of carbonyl (C=O) groups excluding carboxylic acids is 5. The lowest BCUT2D eigenvalue weighted by atomic mass is 10.0. The van der Waals surface area contributed by atoms with Crippen LogP contribution in [0.25, 0.3) is 0 Å². The fourth-order valence-corrected chi connectivity index (χ4v) is 6.05. The Labute approximate surface area is 223 Å². The molecule has 0 saturated carbocycles. The summed E-state index contributed by atoms with van der Waals surface area (Å²) < 4.78 is 18.1. The quantitative estimate of drug-likeness (QED) is 0.165. The number of allylic oxidation sites excluding steroid dienone is 2. The van der Waals surface area contributed by atoms with Crippen molar-refractivity contribution in [2.24, 2.45) is 11.8 Å². The van der Waals surface area contributed by atoms with Crippen molar-refractivity contribution in [3.63, 3.8) is 0 Å². The number of hydrogen-bond donors (Lipinski definition) is 4. The second-order valence-electron chi connectivity index (χ2n) is 9.43. The summed E-state index contributed by atoms with van der Waals surface area (Å²) in [5.74, 6) is -3.76. The molecule has 2 bridgehead atoms. The maximum absolute atomic E-state index is 13.2. The van der Waals surface area contributed by atoms with Crippen molar-refractivity contribution in [3.8, 4) is 0 Å². The monoisotopic (exact) mass is 556 g/mol. The minimum absolute atomic E-state index is 0.0237. The average Bonchev–Trinajstić information content (AvgIpc) is 2.82. The number of amides is 4. The van der Waals surface area contributed by atoms with Gasteiger partial charge in [-0.1, -0.05) is 50.6 Å². The van der Waals surface area contributed by atoms with E-state index < -0.39 is 63.7 Å².